The molecule has 4 aliphatic rings. The zero-order valence-electron chi connectivity index (χ0n) is 17.0. The van der Waals surface area contributed by atoms with Crippen LogP contribution in [-0.2, 0) is 0 Å². The first-order chi connectivity index (χ1) is 14.2. The van der Waals surface area contributed by atoms with E-state index in [9.17, 15) is 5.11 Å². The molecular weight excluding hydrogens is 354 g/mol. The maximum absolute atomic E-state index is 12.0. The van der Waals surface area contributed by atoms with Crippen molar-refractivity contribution in [1.29, 1.82) is 0 Å². The maximum Gasteiger partial charge on any atom is 0.0930 e. The second-order valence-corrected chi connectivity index (χ2v) is 9.57. The summed E-state index contributed by atoms with van der Waals surface area (Å²) in [5, 5.41) is 14.4. The number of hydrogen-bond donors (Lipinski definition) is 1. The lowest BCUT2D eigenvalue weighted by Gasteiger charge is -2.42. The Labute approximate surface area is 173 Å². The highest BCUT2D eigenvalue weighted by Gasteiger charge is 2.49. The van der Waals surface area contributed by atoms with Crippen LogP contribution in [0.3, 0.4) is 0 Å². The van der Waals surface area contributed by atoms with E-state index >= 15 is 0 Å². The lowest BCUT2D eigenvalue weighted by molar-refractivity contribution is -0.00858. The summed E-state index contributed by atoms with van der Waals surface area (Å²) in [6.45, 7) is 0. The minimum absolute atomic E-state index is 0.319. The summed E-state index contributed by atoms with van der Waals surface area (Å²) in [6, 6.07) is 8.81. The summed E-state index contributed by atoms with van der Waals surface area (Å²) in [4.78, 5) is 4.30. The molecule has 0 bridgehead atoms. The molecule has 4 aliphatic carbocycles. The molecule has 0 amide bonds. The number of benzene rings is 1. The number of fused-ring (bicyclic) bond motifs is 5. The van der Waals surface area contributed by atoms with Crippen molar-refractivity contribution in [2.24, 2.45) is 17.8 Å². The van der Waals surface area contributed by atoms with Crippen molar-refractivity contribution < 1.29 is 5.11 Å². The van der Waals surface area contributed by atoms with Crippen LogP contribution in [0.25, 0.3) is 16.3 Å². The van der Waals surface area contributed by atoms with Gasteiger partial charge in [-0.25, -0.2) is 0 Å². The Morgan fingerprint density at radius 2 is 1.97 bits per heavy atom. The lowest BCUT2D eigenvalue weighted by Crippen LogP contribution is -2.44. The van der Waals surface area contributed by atoms with E-state index in [1.165, 1.54) is 53.2 Å². The molecule has 1 saturated carbocycles. The van der Waals surface area contributed by atoms with E-state index in [1.807, 2.05) is 12.4 Å². The monoisotopic (exact) mass is 383 g/mol. The molecule has 1 heterocycles. The van der Waals surface area contributed by atoms with Gasteiger partial charge in [0.2, 0.25) is 0 Å². The van der Waals surface area contributed by atoms with Gasteiger partial charge in [0.15, 0.2) is 0 Å². The third-order valence-electron chi connectivity index (χ3n) is 8.16. The summed E-state index contributed by atoms with van der Waals surface area (Å²) in [5.41, 5.74) is 4.93. The molecule has 3 unspecified atom stereocenters. The van der Waals surface area contributed by atoms with Crippen LogP contribution in [0.15, 0.2) is 66.0 Å². The second kappa shape index (κ2) is 6.67. The number of pyridine rings is 1. The van der Waals surface area contributed by atoms with Crippen LogP contribution in [0, 0.1) is 17.8 Å². The van der Waals surface area contributed by atoms with E-state index in [4.69, 9.17) is 0 Å². The van der Waals surface area contributed by atoms with Crippen molar-refractivity contribution in [2.45, 2.75) is 57.0 Å². The Bertz CT molecular complexity index is 1060. The largest absolute Gasteiger partial charge is 0.385 e. The summed E-state index contributed by atoms with van der Waals surface area (Å²) in [6.07, 6.45) is 20.3. The fourth-order valence-corrected chi connectivity index (χ4v) is 6.58. The highest BCUT2D eigenvalue weighted by molar-refractivity contribution is 5.86. The fraction of sp³-hybridized carbons (Fsp3) is 0.444. The molecule has 0 spiro atoms. The smallest absolute Gasteiger partial charge is 0.0930 e. The SMILES string of the molecule is O[C@]12CCC3CCCCC3=CC1=CCC1C(c3ccc4ccncc4c3)=CCC12. The van der Waals surface area contributed by atoms with E-state index in [0.717, 1.165) is 25.7 Å². The van der Waals surface area contributed by atoms with E-state index in [0.29, 0.717) is 17.8 Å². The summed E-state index contributed by atoms with van der Waals surface area (Å²) in [7, 11) is 0. The number of aromatic nitrogens is 1. The van der Waals surface area contributed by atoms with Crippen LogP contribution in [0.1, 0.15) is 56.9 Å². The molecule has 2 aromatic rings. The van der Waals surface area contributed by atoms with Gasteiger partial charge in [0.1, 0.15) is 0 Å². The molecular formula is C27H29NO. The third kappa shape index (κ3) is 2.76. The summed E-state index contributed by atoms with van der Waals surface area (Å²) >= 11 is 0. The van der Waals surface area contributed by atoms with Crippen LogP contribution in [0.5, 0.6) is 0 Å². The average molecular weight is 384 g/mol. The number of hydrogen-bond acceptors (Lipinski definition) is 2. The molecule has 0 saturated heterocycles. The van der Waals surface area contributed by atoms with Crippen LogP contribution in [0.2, 0.25) is 0 Å². The Balaban J connectivity index is 1.35. The first-order valence-electron chi connectivity index (χ1n) is 11.4. The number of allylic oxidation sites excluding steroid dienone is 4. The Kier molecular flexibility index (Phi) is 4.06. The fourth-order valence-electron chi connectivity index (χ4n) is 6.58. The van der Waals surface area contributed by atoms with Gasteiger partial charge < -0.3 is 5.11 Å². The van der Waals surface area contributed by atoms with Crippen LogP contribution in [-0.4, -0.2) is 15.7 Å². The van der Waals surface area contributed by atoms with Crippen molar-refractivity contribution >= 4 is 16.3 Å². The standard InChI is InChI=1S/C27H29NO/c29-27-13-11-18-3-1-2-4-20(18)16-23(27)7-8-25-24(9-10-26(25)27)21-6-5-19-12-14-28-17-22(19)15-21/h5-7,9,12,14-18,25-26,29H,1-4,8,10-11,13H2/t18?,25?,26?,27-/m1/s1. The highest BCUT2D eigenvalue weighted by Crippen LogP contribution is 2.54. The normalized spacial score (nSPS) is 33.7. The molecule has 2 heteroatoms. The molecule has 148 valence electrons. The molecule has 1 aromatic heterocycles. The van der Waals surface area contributed by atoms with Crippen LogP contribution in [0.4, 0.5) is 0 Å². The van der Waals surface area contributed by atoms with Crippen molar-refractivity contribution in [1.82, 2.24) is 4.98 Å². The molecule has 6 rings (SSSR count). The zero-order valence-corrected chi connectivity index (χ0v) is 17.0. The van der Waals surface area contributed by atoms with E-state index in [-0.39, 0.29) is 0 Å². The van der Waals surface area contributed by atoms with E-state index in [2.05, 4.69) is 47.5 Å². The highest BCUT2D eigenvalue weighted by atomic mass is 16.3. The molecule has 1 aromatic carbocycles. The Morgan fingerprint density at radius 3 is 2.93 bits per heavy atom. The lowest BCUT2D eigenvalue weighted by atomic mass is 9.66. The molecule has 0 aliphatic heterocycles. The van der Waals surface area contributed by atoms with Gasteiger partial charge >= 0.3 is 0 Å². The van der Waals surface area contributed by atoms with Gasteiger partial charge in [-0.05, 0) is 91.0 Å². The summed E-state index contributed by atoms with van der Waals surface area (Å²) < 4.78 is 0. The van der Waals surface area contributed by atoms with Crippen molar-refractivity contribution in [3.63, 3.8) is 0 Å². The van der Waals surface area contributed by atoms with Gasteiger partial charge in [-0.3, -0.25) is 4.98 Å². The Morgan fingerprint density at radius 1 is 1.00 bits per heavy atom. The van der Waals surface area contributed by atoms with Crippen molar-refractivity contribution in [3.05, 3.63) is 71.6 Å². The number of nitrogens with zero attached hydrogens (tertiary/aromatic N) is 1. The first-order valence-corrected chi connectivity index (χ1v) is 11.4. The van der Waals surface area contributed by atoms with Gasteiger partial charge in [0.25, 0.3) is 0 Å². The van der Waals surface area contributed by atoms with Crippen LogP contribution >= 0.6 is 0 Å². The molecule has 4 atom stereocenters. The molecule has 29 heavy (non-hydrogen) atoms. The predicted molar refractivity (Wildman–Crippen MR) is 118 cm³/mol. The molecule has 0 radical (unpaired) electrons. The quantitative estimate of drug-likeness (QED) is 0.633. The molecule has 2 nitrogen and oxygen atoms in total. The average Bonchev–Trinajstić information content (AvgIpc) is 3.14. The van der Waals surface area contributed by atoms with Gasteiger partial charge in [-0.15, -0.1) is 0 Å². The van der Waals surface area contributed by atoms with Crippen molar-refractivity contribution in [2.75, 3.05) is 0 Å². The van der Waals surface area contributed by atoms with E-state index in [1.54, 1.807) is 5.57 Å². The summed E-state index contributed by atoms with van der Waals surface area (Å²) in [5.74, 6) is 1.45. The first kappa shape index (κ1) is 17.7. The van der Waals surface area contributed by atoms with Gasteiger partial charge in [0.05, 0.1) is 5.60 Å². The minimum Gasteiger partial charge on any atom is -0.385 e. The van der Waals surface area contributed by atoms with Gasteiger partial charge in [-0.1, -0.05) is 42.4 Å². The maximum atomic E-state index is 12.0. The minimum atomic E-state index is -0.649. The topological polar surface area (TPSA) is 33.1 Å². The third-order valence-corrected chi connectivity index (χ3v) is 8.16. The molecule has 1 N–H and O–H groups in total. The van der Waals surface area contributed by atoms with E-state index < -0.39 is 5.60 Å². The van der Waals surface area contributed by atoms with Gasteiger partial charge in [0, 0.05) is 23.7 Å². The number of aliphatic hydroxyl groups is 1. The second-order valence-electron chi connectivity index (χ2n) is 9.57. The van der Waals surface area contributed by atoms with Crippen molar-refractivity contribution in [3.8, 4) is 0 Å². The van der Waals surface area contributed by atoms with Gasteiger partial charge in [-0.2, -0.15) is 0 Å². The zero-order chi connectivity index (χ0) is 19.4. The Hall–Kier alpha value is -2.19. The molecule has 1 fully saturated rings. The number of rotatable bonds is 1. The van der Waals surface area contributed by atoms with Crippen LogP contribution < -0.4 is 0 Å². The predicted octanol–water partition coefficient (Wildman–Crippen LogP) is 6.23.